The zero-order valence-corrected chi connectivity index (χ0v) is 14.7. The highest BCUT2D eigenvalue weighted by molar-refractivity contribution is 7.91. The van der Waals surface area contributed by atoms with E-state index in [-0.39, 0.29) is 5.75 Å². The van der Waals surface area contributed by atoms with Gasteiger partial charge < -0.3 is 4.74 Å². The summed E-state index contributed by atoms with van der Waals surface area (Å²) in [6.07, 6.45) is 5.90. The zero-order chi connectivity index (χ0) is 17.0. The van der Waals surface area contributed by atoms with Crippen LogP contribution in [0.3, 0.4) is 0 Å². The fraction of sp³-hybridized carbons (Fsp3) is 0.471. The third-order valence-corrected chi connectivity index (χ3v) is 6.20. The molecule has 1 atom stereocenters. The van der Waals surface area contributed by atoms with Gasteiger partial charge in [-0.25, -0.2) is 8.42 Å². The lowest BCUT2D eigenvalue weighted by Gasteiger charge is -2.24. The molecule has 7 heteroatoms. The molecule has 1 aromatic heterocycles. The van der Waals surface area contributed by atoms with Crippen LogP contribution in [0.15, 0.2) is 47.6 Å². The lowest BCUT2D eigenvalue weighted by Crippen LogP contribution is -2.36. The van der Waals surface area contributed by atoms with E-state index in [0.717, 1.165) is 25.9 Å². The average Bonchev–Trinajstić information content (AvgIpc) is 3.25. The molecular weight excluding hydrogens is 326 g/mol. The topological polar surface area (TPSA) is 64.4 Å². The van der Waals surface area contributed by atoms with Crippen molar-refractivity contribution in [1.82, 2.24) is 14.7 Å². The average molecular weight is 349 g/mol. The molecule has 1 aliphatic rings. The number of rotatable bonds is 7. The minimum Gasteiger partial charge on any atom is -0.497 e. The van der Waals surface area contributed by atoms with E-state index < -0.39 is 9.84 Å². The third kappa shape index (κ3) is 3.96. The highest BCUT2D eigenvalue weighted by Crippen LogP contribution is 2.21. The van der Waals surface area contributed by atoms with E-state index in [1.807, 2.05) is 16.9 Å². The quantitative estimate of drug-likeness (QED) is 0.763. The Morgan fingerprint density at radius 2 is 2.21 bits per heavy atom. The second-order valence-electron chi connectivity index (χ2n) is 6.06. The largest absolute Gasteiger partial charge is 0.497 e. The van der Waals surface area contributed by atoms with Gasteiger partial charge in [0, 0.05) is 25.0 Å². The van der Waals surface area contributed by atoms with Crippen LogP contribution in [0.25, 0.3) is 0 Å². The fourth-order valence-electron chi connectivity index (χ4n) is 3.17. The van der Waals surface area contributed by atoms with Crippen LogP contribution < -0.4 is 4.74 Å². The Bertz CT molecular complexity index is 759. The number of sulfone groups is 1. The van der Waals surface area contributed by atoms with Crippen LogP contribution in [-0.2, 0) is 16.4 Å². The Labute approximate surface area is 143 Å². The molecule has 1 fully saturated rings. The summed E-state index contributed by atoms with van der Waals surface area (Å²) in [6, 6.07) is 8.93. The van der Waals surface area contributed by atoms with E-state index in [0.29, 0.717) is 23.2 Å². The van der Waals surface area contributed by atoms with Crippen LogP contribution in [0.5, 0.6) is 5.75 Å². The maximum atomic E-state index is 12.6. The maximum Gasteiger partial charge on any atom is 0.179 e. The van der Waals surface area contributed by atoms with Gasteiger partial charge in [0.2, 0.25) is 0 Å². The van der Waals surface area contributed by atoms with Gasteiger partial charge in [-0.3, -0.25) is 9.58 Å². The second kappa shape index (κ2) is 7.36. The van der Waals surface area contributed by atoms with Crippen molar-refractivity contribution in [1.29, 1.82) is 0 Å². The number of likely N-dealkylation sites (tertiary alicyclic amines) is 1. The van der Waals surface area contributed by atoms with Crippen LogP contribution in [0.2, 0.25) is 0 Å². The van der Waals surface area contributed by atoms with Crippen molar-refractivity contribution in [2.75, 3.05) is 26.0 Å². The Balaban J connectivity index is 1.63. The minimum absolute atomic E-state index is 0.121. The van der Waals surface area contributed by atoms with Crippen molar-refractivity contribution in [2.45, 2.75) is 30.3 Å². The number of nitrogens with zero attached hydrogens (tertiary/aromatic N) is 3. The standard InChI is InChI=1S/C17H23N3O3S/c1-23-16-6-2-7-17(13-16)24(21,22)12-11-19-9-3-5-15(19)14-20-10-4-8-18-20/h2,4,6-8,10,13,15H,3,5,9,11-12,14H2,1H3/t15-/m0/s1. The van der Waals surface area contributed by atoms with Gasteiger partial charge in [-0.05, 0) is 43.7 Å². The molecule has 0 saturated carbocycles. The number of ether oxygens (including phenoxy) is 1. The second-order valence-corrected chi connectivity index (χ2v) is 8.17. The molecule has 0 unspecified atom stereocenters. The van der Waals surface area contributed by atoms with Gasteiger partial charge in [0.05, 0.1) is 24.3 Å². The van der Waals surface area contributed by atoms with E-state index in [1.165, 1.54) is 7.11 Å². The summed E-state index contributed by atoms with van der Waals surface area (Å²) in [5.41, 5.74) is 0. The maximum absolute atomic E-state index is 12.6. The number of hydrogen-bond acceptors (Lipinski definition) is 5. The van der Waals surface area contributed by atoms with Crippen molar-refractivity contribution < 1.29 is 13.2 Å². The monoisotopic (exact) mass is 349 g/mol. The lowest BCUT2D eigenvalue weighted by atomic mass is 10.2. The number of aromatic nitrogens is 2. The molecule has 6 nitrogen and oxygen atoms in total. The number of hydrogen-bond donors (Lipinski definition) is 0. The Morgan fingerprint density at radius 1 is 1.33 bits per heavy atom. The molecule has 0 amide bonds. The Morgan fingerprint density at radius 3 is 2.96 bits per heavy atom. The molecule has 24 heavy (non-hydrogen) atoms. The van der Waals surface area contributed by atoms with Crippen LogP contribution in [0, 0.1) is 0 Å². The lowest BCUT2D eigenvalue weighted by molar-refractivity contribution is 0.239. The molecule has 0 aliphatic carbocycles. The molecule has 0 bridgehead atoms. The van der Waals surface area contributed by atoms with Gasteiger partial charge in [0.1, 0.15) is 5.75 Å². The van der Waals surface area contributed by atoms with Crippen LogP contribution in [0.1, 0.15) is 12.8 Å². The summed E-state index contributed by atoms with van der Waals surface area (Å²) in [5, 5.41) is 4.25. The highest BCUT2D eigenvalue weighted by atomic mass is 32.2. The third-order valence-electron chi connectivity index (χ3n) is 4.50. The van der Waals surface area contributed by atoms with Crippen LogP contribution in [-0.4, -0.2) is 55.1 Å². The summed E-state index contributed by atoms with van der Waals surface area (Å²) in [6.45, 7) is 2.30. The molecule has 2 aromatic rings. The summed E-state index contributed by atoms with van der Waals surface area (Å²) < 4.78 is 32.2. The molecule has 0 spiro atoms. The van der Waals surface area contributed by atoms with E-state index in [9.17, 15) is 8.42 Å². The molecule has 2 heterocycles. The summed E-state index contributed by atoms with van der Waals surface area (Å²) in [7, 11) is -1.77. The first kappa shape index (κ1) is 17.0. The first-order valence-electron chi connectivity index (χ1n) is 8.17. The Kier molecular flexibility index (Phi) is 5.20. The van der Waals surface area contributed by atoms with Gasteiger partial charge in [-0.1, -0.05) is 6.07 Å². The minimum atomic E-state index is -3.31. The molecule has 1 aromatic carbocycles. The van der Waals surface area contributed by atoms with Crippen molar-refractivity contribution in [3.8, 4) is 5.75 Å². The zero-order valence-electron chi connectivity index (χ0n) is 13.8. The van der Waals surface area contributed by atoms with Gasteiger partial charge in [-0.15, -0.1) is 0 Å². The first-order chi connectivity index (χ1) is 11.6. The van der Waals surface area contributed by atoms with Crippen molar-refractivity contribution in [2.24, 2.45) is 0 Å². The van der Waals surface area contributed by atoms with Crippen LogP contribution in [0.4, 0.5) is 0 Å². The van der Waals surface area contributed by atoms with Crippen LogP contribution >= 0.6 is 0 Å². The number of methoxy groups -OCH3 is 1. The summed E-state index contributed by atoms with van der Waals surface area (Å²) >= 11 is 0. The Hall–Kier alpha value is -1.86. The van der Waals surface area contributed by atoms with Crippen molar-refractivity contribution in [3.05, 3.63) is 42.7 Å². The van der Waals surface area contributed by atoms with Gasteiger partial charge in [0.25, 0.3) is 0 Å². The van der Waals surface area contributed by atoms with E-state index in [2.05, 4.69) is 10.00 Å². The van der Waals surface area contributed by atoms with Gasteiger partial charge in [0.15, 0.2) is 9.84 Å². The molecular formula is C17H23N3O3S. The smallest absolute Gasteiger partial charge is 0.179 e. The van der Waals surface area contributed by atoms with Gasteiger partial charge in [-0.2, -0.15) is 5.10 Å². The predicted octanol–water partition coefficient (Wildman–Crippen LogP) is 1.83. The van der Waals surface area contributed by atoms with E-state index >= 15 is 0 Å². The van der Waals surface area contributed by atoms with Crippen molar-refractivity contribution >= 4 is 9.84 Å². The molecule has 1 aliphatic heterocycles. The predicted molar refractivity (Wildman–Crippen MR) is 91.9 cm³/mol. The molecule has 130 valence electrons. The molecule has 0 N–H and O–H groups in total. The molecule has 3 rings (SSSR count). The SMILES string of the molecule is COc1cccc(S(=O)(=O)CCN2CCC[C@H]2Cn2cccn2)c1. The summed E-state index contributed by atoms with van der Waals surface area (Å²) in [4.78, 5) is 2.59. The summed E-state index contributed by atoms with van der Waals surface area (Å²) in [5.74, 6) is 0.685. The highest BCUT2D eigenvalue weighted by Gasteiger charge is 2.26. The first-order valence-corrected chi connectivity index (χ1v) is 9.82. The van der Waals surface area contributed by atoms with Crippen molar-refractivity contribution in [3.63, 3.8) is 0 Å². The van der Waals surface area contributed by atoms with Gasteiger partial charge >= 0.3 is 0 Å². The fourth-order valence-corrected chi connectivity index (χ4v) is 4.46. The molecule has 1 saturated heterocycles. The number of benzene rings is 1. The molecule has 0 radical (unpaired) electrons. The van der Waals surface area contributed by atoms with E-state index in [4.69, 9.17) is 4.74 Å². The van der Waals surface area contributed by atoms with E-state index in [1.54, 1.807) is 30.5 Å². The normalized spacial score (nSPS) is 18.8.